The highest BCUT2D eigenvalue weighted by Crippen LogP contribution is 2.14. The summed E-state index contributed by atoms with van der Waals surface area (Å²) in [6.07, 6.45) is 3.39. The molecule has 2 aromatic rings. The van der Waals surface area contributed by atoms with Crippen LogP contribution in [0.15, 0.2) is 35.1 Å². The van der Waals surface area contributed by atoms with Crippen LogP contribution < -0.4 is 5.32 Å². The number of hydrogen-bond donors (Lipinski definition) is 2. The molecule has 0 aliphatic rings. The molecule has 2 rings (SSSR count). The van der Waals surface area contributed by atoms with E-state index in [0.717, 1.165) is 11.5 Å². The largest absolute Gasteiger partial charge is 0.468 e. The fourth-order valence-corrected chi connectivity index (χ4v) is 1.51. The van der Waals surface area contributed by atoms with E-state index >= 15 is 0 Å². The monoisotopic (exact) mass is 221 g/mol. The topological polar surface area (TPSA) is 63.1 Å². The van der Waals surface area contributed by atoms with Gasteiger partial charge in [-0.25, -0.2) is 0 Å². The highest BCUT2D eigenvalue weighted by Gasteiger charge is 2.13. The lowest BCUT2D eigenvalue weighted by atomic mass is 10.2. The maximum absolute atomic E-state index is 5.35. The Bertz CT molecular complexity index is 383. The Labute approximate surface area is 93.8 Å². The molecule has 16 heavy (non-hydrogen) atoms. The van der Waals surface area contributed by atoms with Crippen molar-refractivity contribution in [2.45, 2.75) is 12.6 Å². The smallest absolute Gasteiger partial charge is 0.123 e. The zero-order valence-corrected chi connectivity index (χ0v) is 9.14. The number of aromatic amines is 1. The number of nitrogens with zero attached hydrogens (tertiary/aromatic N) is 1. The highest BCUT2D eigenvalue weighted by molar-refractivity contribution is 5.05. The molecule has 2 heterocycles. The first kappa shape index (κ1) is 10.9. The van der Waals surface area contributed by atoms with Crippen LogP contribution in [-0.4, -0.2) is 23.9 Å². The van der Waals surface area contributed by atoms with Gasteiger partial charge in [0.2, 0.25) is 0 Å². The summed E-state index contributed by atoms with van der Waals surface area (Å²) in [5.74, 6) is 0.876. The lowest BCUT2D eigenvalue weighted by molar-refractivity contribution is 0.156. The second kappa shape index (κ2) is 5.48. The molecule has 0 aromatic carbocycles. The number of hydrogen-bond acceptors (Lipinski definition) is 4. The summed E-state index contributed by atoms with van der Waals surface area (Å²) in [5, 5.41) is 10.1. The first-order valence-corrected chi connectivity index (χ1v) is 5.14. The predicted molar refractivity (Wildman–Crippen MR) is 58.8 cm³/mol. The second-order valence-electron chi connectivity index (χ2n) is 3.49. The van der Waals surface area contributed by atoms with Gasteiger partial charge in [0.25, 0.3) is 0 Å². The molecule has 0 amide bonds. The minimum absolute atomic E-state index is 0.0586. The van der Waals surface area contributed by atoms with Gasteiger partial charge < -0.3 is 9.15 Å². The maximum Gasteiger partial charge on any atom is 0.123 e. The van der Waals surface area contributed by atoms with Gasteiger partial charge in [-0.2, -0.15) is 5.10 Å². The number of aromatic nitrogens is 2. The Morgan fingerprint density at radius 2 is 2.50 bits per heavy atom. The van der Waals surface area contributed by atoms with Crippen LogP contribution in [-0.2, 0) is 11.3 Å². The fraction of sp³-hybridized carbons (Fsp3) is 0.364. The average Bonchev–Trinajstić information content (AvgIpc) is 2.96. The summed E-state index contributed by atoms with van der Waals surface area (Å²) in [7, 11) is 1.67. The molecule has 0 saturated heterocycles. The molecule has 0 radical (unpaired) electrons. The van der Waals surface area contributed by atoms with E-state index < -0.39 is 0 Å². The molecule has 5 nitrogen and oxygen atoms in total. The second-order valence-corrected chi connectivity index (χ2v) is 3.49. The van der Waals surface area contributed by atoms with Crippen molar-refractivity contribution in [1.82, 2.24) is 15.5 Å². The van der Waals surface area contributed by atoms with Crippen LogP contribution in [0, 0.1) is 0 Å². The van der Waals surface area contributed by atoms with Gasteiger partial charge in [-0.05, 0) is 18.2 Å². The van der Waals surface area contributed by atoms with Crippen LogP contribution in [0.3, 0.4) is 0 Å². The quantitative estimate of drug-likeness (QED) is 0.775. The van der Waals surface area contributed by atoms with Crippen molar-refractivity contribution in [1.29, 1.82) is 0 Å². The molecule has 0 saturated carbocycles. The van der Waals surface area contributed by atoms with Crippen LogP contribution in [0.25, 0.3) is 0 Å². The molecule has 5 heteroatoms. The molecule has 1 atom stereocenters. The van der Waals surface area contributed by atoms with E-state index in [4.69, 9.17) is 9.15 Å². The van der Waals surface area contributed by atoms with Gasteiger partial charge >= 0.3 is 0 Å². The van der Waals surface area contributed by atoms with E-state index in [1.54, 1.807) is 19.6 Å². The normalized spacial score (nSPS) is 12.8. The van der Waals surface area contributed by atoms with Gasteiger partial charge in [0.05, 0.1) is 18.9 Å². The summed E-state index contributed by atoms with van der Waals surface area (Å²) >= 11 is 0. The number of methoxy groups -OCH3 is 1. The summed E-state index contributed by atoms with van der Waals surface area (Å²) in [6.45, 7) is 1.27. The van der Waals surface area contributed by atoms with Gasteiger partial charge in [-0.1, -0.05) is 0 Å². The molecule has 0 fully saturated rings. The lowest BCUT2D eigenvalue weighted by Crippen LogP contribution is -2.24. The van der Waals surface area contributed by atoms with Crippen LogP contribution in [0.1, 0.15) is 17.5 Å². The van der Waals surface area contributed by atoms with Gasteiger partial charge in [0.1, 0.15) is 5.76 Å². The van der Waals surface area contributed by atoms with Gasteiger partial charge in [-0.3, -0.25) is 10.4 Å². The average molecular weight is 221 g/mol. The van der Waals surface area contributed by atoms with Crippen LogP contribution >= 0.6 is 0 Å². The fourth-order valence-electron chi connectivity index (χ4n) is 1.51. The van der Waals surface area contributed by atoms with E-state index in [0.29, 0.717) is 13.2 Å². The van der Waals surface area contributed by atoms with Crippen LogP contribution in [0.4, 0.5) is 0 Å². The zero-order valence-electron chi connectivity index (χ0n) is 9.14. The van der Waals surface area contributed by atoms with Gasteiger partial charge in [0, 0.05) is 25.5 Å². The van der Waals surface area contributed by atoms with E-state index in [2.05, 4.69) is 15.5 Å². The predicted octanol–water partition coefficient (Wildman–Crippen LogP) is 1.48. The number of H-pyrrole nitrogens is 1. The number of rotatable bonds is 6. The minimum Gasteiger partial charge on any atom is -0.468 e. The van der Waals surface area contributed by atoms with Crippen LogP contribution in [0.5, 0.6) is 0 Å². The van der Waals surface area contributed by atoms with E-state index in [9.17, 15) is 0 Å². The van der Waals surface area contributed by atoms with Crippen molar-refractivity contribution in [3.8, 4) is 0 Å². The van der Waals surface area contributed by atoms with Crippen molar-refractivity contribution in [3.63, 3.8) is 0 Å². The van der Waals surface area contributed by atoms with E-state index in [1.807, 2.05) is 18.2 Å². The summed E-state index contributed by atoms with van der Waals surface area (Å²) in [6, 6.07) is 5.79. The Kier molecular flexibility index (Phi) is 3.74. The molecule has 2 aromatic heterocycles. The maximum atomic E-state index is 5.35. The molecular weight excluding hydrogens is 206 g/mol. The number of nitrogens with one attached hydrogen (secondary N) is 2. The molecular formula is C11H15N3O2. The Morgan fingerprint density at radius 3 is 3.12 bits per heavy atom. The Balaban J connectivity index is 1.93. The molecule has 0 spiro atoms. The van der Waals surface area contributed by atoms with Crippen molar-refractivity contribution >= 4 is 0 Å². The summed E-state index contributed by atoms with van der Waals surface area (Å²) in [4.78, 5) is 0. The molecule has 0 bridgehead atoms. The van der Waals surface area contributed by atoms with Crippen molar-refractivity contribution in [2.24, 2.45) is 0 Å². The number of ether oxygens (including phenoxy) is 1. The lowest BCUT2D eigenvalue weighted by Gasteiger charge is -2.14. The Hall–Kier alpha value is -1.59. The third kappa shape index (κ3) is 2.71. The van der Waals surface area contributed by atoms with Crippen molar-refractivity contribution in [3.05, 3.63) is 42.1 Å². The number of furan rings is 1. The molecule has 0 aliphatic heterocycles. The minimum atomic E-state index is 0.0586. The summed E-state index contributed by atoms with van der Waals surface area (Å²) in [5.41, 5.74) is 1.03. The third-order valence-corrected chi connectivity index (χ3v) is 2.32. The van der Waals surface area contributed by atoms with Crippen molar-refractivity contribution < 1.29 is 9.15 Å². The third-order valence-electron chi connectivity index (χ3n) is 2.32. The highest BCUT2D eigenvalue weighted by atomic mass is 16.5. The summed E-state index contributed by atoms with van der Waals surface area (Å²) < 4.78 is 10.5. The first-order chi connectivity index (χ1) is 7.90. The Morgan fingerprint density at radius 1 is 1.56 bits per heavy atom. The van der Waals surface area contributed by atoms with E-state index in [-0.39, 0.29) is 6.04 Å². The zero-order chi connectivity index (χ0) is 11.2. The SMILES string of the molecule is COCC(NCc1ccn[nH]1)c1ccco1. The molecule has 0 aliphatic carbocycles. The first-order valence-electron chi connectivity index (χ1n) is 5.14. The standard InChI is InChI=1S/C11H15N3O2/c1-15-8-10(11-3-2-6-16-11)12-7-9-4-5-13-14-9/h2-6,10,12H,7-8H2,1H3,(H,13,14). The molecule has 86 valence electrons. The molecule has 1 unspecified atom stereocenters. The van der Waals surface area contributed by atoms with Gasteiger partial charge in [0.15, 0.2) is 0 Å². The molecule has 2 N–H and O–H groups in total. The van der Waals surface area contributed by atoms with Gasteiger partial charge in [-0.15, -0.1) is 0 Å². The van der Waals surface area contributed by atoms with Crippen LogP contribution in [0.2, 0.25) is 0 Å². The van der Waals surface area contributed by atoms with E-state index in [1.165, 1.54) is 0 Å². The van der Waals surface area contributed by atoms with Crippen molar-refractivity contribution in [2.75, 3.05) is 13.7 Å².